The Hall–Kier alpha value is -6.69. The average molecular weight is 1410 g/mol. The van der Waals surface area contributed by atoms with E-state index in [-0.39, 0.29) is 29.3 Å². The summed E-state index contributed by atoms with van der Waals surface area (Å²) in [6, 6.07) is 28.8. The van der Waals surface area contributed by atoms with Crippen molar-refractivity contribution in [2.45, 2.75) is 113 Å². The second-order valence-electron chi connectivity index (χ2n) is 26.9. The summed E-state index contributed by atoms with van der Waals surface area (Å²) in [4.78, 5) is 87.2. The maximum atomic E-state index is 13.7. The number of aromatic amines is 4. The molecule has 6 fully saturated rings. The molecular weight excluding hydrogens is 1330 g/mol. The molecule has 0 spiro atoms. The number of H-pyrrole nitrogens is 4. The maximum absolute atomic E-state index is 13.7. The first kappa shape index (κ1) is 61.5. The van der Waals surface area contributed by atoms with Crippen molar-refractivity contribution < 1.29 is 19.1 Å². The molecular formula is C68H83IN12O6Sn. The SMILES string of the molecule is CC(C)(C)OC(=O)N1CC=C(c2ccc3[nH]c(=O)c(-c4nc5ccccc5[nH]4)c(NC4CN5CCC4CC5)c3c2)CC1.O=c1[nH]c2ccc(I)cc2c(NC2CN3CCC2CC3)c1-c1nc2ccccc2[nH]1.[CH3][SnH]([CH3])[C]1=CCN(C(=O)OC(C)(C)C)CC1. The number of rotatable bonds is 8. The van der Waals surface area contributed by atoms with Gasteiger partial charge in [-0.3, -0.25) is 9.59 Å². The van der Waals surface area contributed by atoms with Crippen molar-refractivity contribution in [3.05, 3.63) is 131 Å². The Labute approximate surface area is 534 Å². The Balaban J connectivity index is 0.000000142. The van der Waals surface area contributed by atoms with Crippen LogP contribution in [0.15, 0.2) is 110 Å². The molecule has 88 heavy (non-hydrogen) atoms. The fraction of sp³-hybridized carbons (Fsp3) is 0.441. The molecule has 6 saturated heterocycles. The summed E-state index contributed by atoms with van der Waals surface area (Å²) in [5, 5.41) is 9.68. The van der Waals surface area contributed by atoms with Gasteiger partial charge in [-0.15, -0.1) is 0 Å². The second kappa shape index (κ2) is 25.7. The number of nitrogens with one attached hydrogen (secondary N) is 6. The number of nitrogens with zero attached hydrogens (tertiary/aromatic N) is 6. The summed E-state index contributed by atoms with van der Waals surface area (Å²) in [5.74, 6) is 2.41. The number of piperidine rings is 6. The third-order valence-electron chi connectivity index (χ3n) is 18.1. The number of para-hydroxylation sites is 4. The fourth-order valence-corrected chi connectivity index (χ4v) is 17.6. The topological polar surface area (TPSA) is 213 Å². The van der Waals surface area contributed by atoms with Crippen LogP contribution in [0.25, 0.3) is 72.2 Å². The van der Waals surface area contributed by atoms with Gasteiger partial charge in [-0.2, -0.15) is 0 Å². The molecule has 462 valence electrons. The van der Waals surface area contributed by atoms with Gasteiger partial charge in [0.25, 0.3) is 11.1 Å². The number of carbonyl (C=O) groups is 2. The molecule has 8 aromatic rings. The van der Waals surface area contributed by atoms with Crippen molar-refractivity contribution in [3.63, 3.8) is 0 Å². The van der Waals surface area contributed by atoms with Crippen molar-refractivity contribution in [1.82, 2.24) is 49.5 Å². The van der Waals surface area contributed by atoms with Crippen LogP contribution in [0, 0.1) is 15.4 Å². The number of hydrogen-bond acceptors (Lipinski definition) is 12. The van der Waals surface area contributed by atoms with E-state index >= 15 is 0 Å². The normalized spacial score (nSPS) is 21.8. The van der Waals surface area contributed by atoms with Crippen LogP contribution in [-0.4, -0.2) is 170 Å². The van der Waals surface area contributed by atoms with E-state index in [1.807, 2.05) is 108 Å². The standard InChI is InChI=1S/C33H38N6O3.C23H22IN5O.C10H16NO2.2CH3.Sn.H/c1-33(2,3)42-32(41)39-16-12-20(13-17-39)22-8-9-24-23(18-22)29(34-27-19-38-14-10-21(27)11-15-38)28(31(40)37-24)30-35-25-6-4-5-7-26(25)36-30;24-14-5-6-16-15(11-14)21(25-19-12-29-9-7-13(19)8-10-29)20(23(30)28-16)22-26-17-3-1-2-4-18(17)27-22;1-10(2,3)13-9(12)11-7-5-4-6-8-11;;;;/h4-9,12,18,21,27H,10-11,13-17,19H2,1-3H3,(H,35,36)(H2,34,37,40);1-6,11,13,19H,7-10,12H2,(H,26,27)(H2,25,28,30);5H,6-8H2,1-3H3;2*1H3;;. The molecule has 4 aromatic heterocycles. The van der Waals surface area contributed by atoms with Crippen LogP contribution in [0.3, 0.4) is 0 Å². The second-order valence-corrected chi connectivity index (χ2v) is 36.8. The molecule has 2 unspecified atom stereocenters. The van der Waals surface area contributed by atoms with Crippen LogP contribution in [0.4, 0.5) is 21.0 Å². The number of fused-ring (bicyclic) bond motifs is 10. The number of amides is 2. The monoisotopic (exact) mass is 1410 g/mol. The minimum absolute atomic E-state index is 0.119. The van der Waals surface area contributed by atoms with Crippen LogP contribution in [-0.2, 0) is 9.47 Å². The number of carbonyl (C=O) groups excluding carboxylic acids is 2. The summed E-state index contributed by atoms with van der Waals surface area (Å²) in [6.07, 6.45) is 10.5. The molecule has 16 rings (SSSR count). The van der Waals surface area contributed by atoms with Crippen molar-refractivity contribution in [3.8, 4) is 22.8 Å². The summed E-state index contributed by atoms with van der Waals surface area (Å²) in [5.41, 5.74) is 9.11. The molecule has 0 aliphatic carbocycles. The Bertz CT molecular complexity index is 4030. The van der Waals surface area contributed by atoms with Crippen LogP contribution in [0.5, 0.6) is 0 Å². The van der Waals surface area contributed by atoms with E-state index in [9.17, 15) is 19.2 Å². The number of pyridine rings is 2. The summed E-state index contributed by atoms with van der Waals surface area (Å²) in [7, 11) is 0. The zero-order chi connectivity index (χ0) is 61.6. The van der Waals surface area contributed by atoms with Crippen LogP contribution >= 0.6 is 22.6 Å². The van der Waals surface area contributed by atoms with E-state index in [1.54, 1.807) is 13.4 Å². The summed E-state index contributed by atoms with van der Waals surface area (Å²) >= 11 is 1.02. The molecule has 6 N–H and O–H groups in total. The first-order valence-corrected chi connectivity index (χ1v) is 40.8. The summed E-state index contributed by atoms with van der Waals surface area (Å²) in [6.45, 7) is 20.7. The van der Waals surface area contributed by atoms with Crippen molar-refractivity contribution in [1.29, 1.82) is 0 Å². The van der Waals surface area contributed by atoms with E-state index in [1.165, 1.54) is 44.3 Å². The number of halogens is 1. The molecule has 4 aromatic carbocycles. The van der Waals surface area contributed by atoms with Gasteiger partial charge in [0.1, 0.15) is 28.4 Å². The zero-order valence-corrected chi connectivity index (χ0v) is 57.4. The van der Waals surface area contributed by atoms with E-state index in [2.05, 4.69) is 103 Å². The van der Waals surface area contributed by atoms with Crippen LogP contribution in [0.1, 0.15) is 85.6 Å². The van der Waals surface area contributed by atoms with Gasteiger partial charge in [-0.1, -0.05) is 36.4 Å². The van der Waals surface area contributed by atoms with E-state index in [4.69, 9.17) is 19.4 Å². The fourth-order valence-electron chi connectivity index (χ4n) is 13.4. The number of benzene rings is 4. The van der Waals surface area contributed by atoms with E-state index in [0.717, 1.165) is 116 Å². The molecule has 2 amide bonds. The van der Waals surface area contributed by atoms with Crippen LogP contribution in [0.2, 0.25) is 9.88 Å². The molecule has 20 heteroatoms. The van der Waals surface area contributed by atoms with Gasteiger partial charge in [0, 0.05) is 52.6 Å². The third kappa shape index (κ3) is 13.9. The zero-order valence-electron chi connectivity index (χ0n) is 51.9. The molecule has 0 radical (unpaired) electrons. The first-order chi connectivity index (χ1) is 42.2. The number of anilines is 2. The van der Waals surface area contributed by atoms with Gasteiger partial charge < -0.3 is 50.0 Å². The summed E-state index contributed by atoms with van der Waals surface area (Å²) < 4.78 is 13.7. The van der Waals surface area contributed by atoms with Crippen LogP contribution < -0.4 is 21.8 Å². The number of ether oxygens (including phenoxy) is 2. The molecule has 8 aliphatic heterocycles. The van der Waals surface area contributed by atoms with Crippen molar-refractivity contribution in [2.75, 3.05) is 76.1 Å². The minimum atomic E-state index is -1.31. The Morgan fingerprint density at radius 3 is 1.47 bits per heavy atom. The Morgan fingerprint density at radius 1 is 0.580 bits per heavy atom. The molecule has 2 atom stereocenters. The molecule has 18 nitrogen and oxygen atoms in total. The van der Waals surface area contributed by atoms with Gasteiger partial charge in [0.2, 0.25) is 0 Å². The first-order valence-electron chi connectivity index (χ1n) is 31.4. The van der Waals surface area contributed by atoms with E-state index < -0.39 is 31.0 Å². The predicted octanol–water partition coefficient (Wildman–Crippen LogP) is 12.4. The Morgan fingerprint density at radius 2 is 1.05 bits per heavy atom. The Kier molecular flexibility index (Phi) is 17.9. The molecule has 0 saturated carbocycles. The quantitative estimate of drug-likeness (QED) is 0.0620. The van der Waals surface area contributed by atoms with Gasteiger partial charge in [0.05, 0.1) is 44.5 Å². The van der Waals surface area contributed by atoms with Crippen molar-refractivity contribution >= 4 is 115 Å². The molecule has 12 heterocycles. The van der Waals surface area contributed by atoms with Gasteiger partial charge >= 0.3 is 112 Å². The van der Waals surface area contributed by atoms with E-state index in [0.29, 0.717) is 53.7 Å². The number of aromatic nitrogens is 6. The van der Waals surface area contributed by atoms with Crippen molar-refractivity contribution in [2.24, 2.45) is 11.8 Å². The third-order valence-corrected chi connectivity index (χ3v) is 24.5. The average Bonchev–Trinajstić information content (AvgIpc) is 1.77. The number of hydrogen-bond donors (Lipinski definition) is 6. The van der Waals surface area contributed by atoms with Gasteiger partial charge in [-0.25, -0.2) is 14.8 Å². The number of imidazole rings is 2. The van der Waals surface area contributed by atoms with Gasteiger partial charge in [-0.05, 0) is 179 Å². The predicted molar refractivity (Wildman–Crippen MR) is 365 cm³/mol. The van der Waals surface area contributed by atoms with Gasteiger partial charge in [0.15, 0.2) is 0 Å². The molecule has 8 aliphatic rings. The molecule has 4 bridgehead atoms.